The van der Waals surface area contributed by atoms with Crippen LogP contribution < -0.4 is 5.73 Å². The molecule has 0 bridgehead atoms. The van der Waals surface area contributed by atoms with Crippen LogP contribution in [0.25, 0.3) is 0 Å². The quantitative estimate of drug-likeness (QED) is 0.856. The van der Waals surface area contributed by atoms with Crippen molar-refractivity contribution in [3.05, 3.63) is 16.1 Å². The molecule has 2 atom stereocenters. The smallest absolute Gasteiger partial charge is 0.307 e. The van der Waals surface area contributed by atoms with E-state index < -0.39 is 0 Å². The predicted octanol–water partition coefficient (Wildman–Crippen LogP) is 1.72. The van der Waals surface area contributed by atoms with E-state index in [-0.39, 0.29) is 30.4 Å². The van der Waals surface area contributed by atoms with Crippen molar-refractivity contribution in [3.8, 4) is 0 Å². The standard InChI is InChI=1S/C14H21N3O3S/c1-9(15)13-16-11(8-21-13)14(19)17-6-4-3-5-10(17)7-12(18)20-2/h8-10H,3-7,15H2,1-2H3. The Morgan fingerprint density at radius 2 is 2.33 bits per heavy atom. The Balaban J connectivity index is 2.12. The average molecular weight is 311 g/mol. The molecule has 2 rings (SSSR count). The molecule has 0 radical (unpaired) electrons. The average Bonchev–Trinajstić information content (AvgIpc) is 2.97. The third-order valence-corrected chi connectivity index (χ3v) is 4.69. The van der Waals surface area contributed by atoms with Gasteiger partial charge >= 0.3 is 5.97 Å². The van der Waals surface area contributed by atoms with Gasteiger partial charge in [0.2, 0.25) is 0 Å². The topological polar surface area (TPSA) is 85.5 Å². The molecule has 1 aromatic heterocycles. The van der Waals surface area contributed by atoms with E-state index in [2.05, 4.69) is 4.98 Å². The maximum Gasteiger partial charge on any atom is 0.307 e. The van der Waals surface area contributed by atoms with Crippen LogP contribution in [0.1, 0.15) is 54.1 Å². The van der Waals surface area contributed by atoms with Gasteiger partial charge in [0, 0.05) is 18.0 Å². The summed E-state index contributed by atoms with van der Waals surface area (Å²) < 4.78 is 4.72. The number of likely N-dealkylation sites (tertiary alicyclic amines) is 1. The molecule has 7 heteroatoms. The van der Waals surface area contributed by atoms with Crippen LogP contribution >= 0.6 is 11.3 Å². The Morgan fingerprint density at radius 3 is 2.95 bits per heavy atom. The molecule has 0 aromatic carbocycles. The molecule has 0 spiro atoms. The monoisotopic (exact) mass is 311 g/mol. The van der Waals surface area contributed by atoms with E-state index in [1.165, 1.54) is 18.4 Å². The molecule has 1 aromatic rings. The molecule has 1 amide bonds. The number of thiazole rings is 1. The lowest BCUT2D eigenvalue weighted by molar-refractivity contribution is -0.142. The molecule has 2 N–H and O–H groups in total. The normalized spacial score (nSPS) is 20.1. The summed E-state index contributed by atoms with van der Waals surface area (Å²) in [6.45, 7) is 2.50. The van der Waals surface area contributed by atoms with Crippen LogP contribution in [0.15, 0.2) is 5.38 Å². The van der Waals surface area contributed by atoms with Gasteiger partial charge in [0.1, 0.15) is 10.7 Å². The van der Waals surface area contributed by atoms with E-state index in [4.69, 9.17) is 10.5 Å². The Labute approximate surface area is 128 Å². The number of nitrogens with zero attached hydrogens (tertiary/aromatic N) is 2. The van der Waals surface area contributed by atoms with Gasteiger partial charge in [-0.3, -0.25) is 9.59 Å². The van der Waals surface area contributed by atoms with Crippen LogP contribution in [0.2, 0.25) is 0 Å². The fraction of sp³-hybridized carbons (Fsp3) is 0.643. The summed E-state index contributed by atoms with van der Waals surface area (Å²) >= 11 is 1.39. The molecule has 2 heterocycles. The number of methoxy groups -OCH3 is 1. The molecule has 1 saturated heterocycles. The van der Waals surface area contributed by atoms with Crippen LogP contribution in [0, 0.1) is 0 Å². The van der Waals surface area contributed by atoms with E-state index in [9.17, 15) is 9.59 Å². The number of hydrogen-bond donors (Lipinski definition) is 1. The van der Waals surface area contributed by atoms with E-state index in [0.29, 0.717) is 12.2 Å². The first kappa shape index (κ1) is 15.9. The molecule has 1 fully saturated rings. The van der Waals surface area contributed by atoms with Crippen molar-refractivity contribution in [1.82, 2.24) is 9.88 Å². The molecule has 1 aliphatic heterocycles. The van der Waals surface area contributed by atoms with Crippen molar-refractivity contribution in [3.63, 3.8) is 0 Å². The molecule has 1 aliphatic rings. The second-order valence-electron chi connectivity index (χ2n) is 5.29. The highest BCUT2D eigenvalue weighted by molar-refractivity contribution is 7.09. The van der Waals surface area contributed by atoms with Gasteiger partial charge in [-0.2, -0.15) is 0 Å². The minimum atomic E-state index is -0.283. The SMILES string of the molecule is COC(=O)CC1CCCCN1C(=O)c1csc(C(C)N)n1. The Hall–Kier alpha value is -1.47. The number of piperidine rings is 1. The number of rotatable bonds is 4. The minimum absolute atomic E-state index is 0.0980. The molecule has 6 nitrogen and oxygen atoms in total. The summed E-state index contributed by atoms with van der Waals surface area (Å²) in [5, 5.41) is 2.49. The van der Waals surface area contributed by atoms with Gasteiger partial charge in [0.05, 0.1) is 19.6 Å². The fourth-order valence-electron chi connectivity index (χ4n) is 2.50. The van der Waals surface area contributed by atoms with E-state index in [0.717, 1.165) is 24.3 Å². The molecular weight excluding hydrogens is 290 g/mol. The van der Waals surface area contributed by atoms with Gasteiger partial charge in [-0.15, -0.1) is 11.3 Å². The van der Waals surface area contributed by atoms with Crippen LogP contribution in [-0.4, -0.2) is 41.5 Å². The van der Waals surface area contributed by atoms with Gasteiger partial charge < -0.3 is 15.4 Å². The zero-order valence-electron chi connectivity index (χ0n) is 12.4. The molecule has 2 unspecified atom stereocenters. The van der Waals surface area contributed by atoms with Crippen molar-refractivity contribution in [1.29, 1.82) is 0 Å². The zero-order valence-corrected chi connectivity index (χ0v) is 13.2. The van der Waals surface area contributed by atoms with Crippen molar-refractivity contribution >= 4 is 23.2 Å². The van der Waals surface area contributed by atoms with Crippen molar-refractivity contribution < 1.29 is 14.3 Å². The van der Waals surface area contributed by atoms with Gasteiger partial charge in [0.15, 0.2) is 0 Å². The van der Waals surface area contributed by atoms with Crippen molar-refractivity contribution in [2.75, 3.05) is 13.7 Å². The third kappa shape index (κ3) is 3.79. The van der Waals surface area contributed by atoms with Crippen LogP contribution in [-0.2, 0) is 9.53 Å². The van der Waals surface area contributed by atoms with Gasteiger partial charge in [-0.25, -0.2) is 4.98 Å². The molecule has 116 valence electrons. The summed E-state index contributed by atoms with van der Waals surface area (Å²) in [7, 11) is 1.37. The summed E-state index contributed by atoms with van der Waals surface area (Å²) in [4.78, 5) is 30.1. The van der Waals surface area contributed by atoms with E-state index >= 15 is 0 Å². The van der Waals surface area contributed by atoms with Crippen LogP contribution in [0.5, 0.6) is 0 Å². The highest BCUT2D eigenvalue weighted by atomic mass is 32.1. The number of hydrogen-bond acceptors (Lipinski definition) is 6. The van der Waals surface area contributed by atoms with E-state index in [1.807, 2.05) is 6.92 Å². The summed E-state index contributed by atoms with van der Waals surface area (Å²) in [5.41, 5.74) is 6.20. The first-order valence-corrected chi connectivity index (χ1v) is 7.99. The Bertz CT molecular complexity index is 515. The zero-order chi connectivity index (χ0) is 15.4. The summed E-state index contributed by atoms with van der Waals surface area (Å²) in [6.07, 6.45) is 3.04. The molecule has 0 saturated carbocycles. The van der Waals surface area contributed by atoms with Crippen LogP contribution in [0.3, 0.4) is 0 Å². The Kier molecular flexibility index (Phi) is 5.30. The van der Waals surface area contributed by atoms with Gasteiger partial charge in [0.25, 0.3) is 5.91 Å². The second kappa shape index (κ2) is 7.00. The first-order valence-electron chi connectivity index (χ1n) is 7.11. The van der Waals surface area contributed by atoms with Crippen molar-refractivity contribution in [2.24, 2.45) is 5.73 Å². The maximum atomic E-state index is 12.6. The highest BCUT2D eigenvalue weighted by Gasteiger charge is 2.30. The fourth-order valence-corrected chi connectivity index (χ4v) is 3.25. The number of carbonyl (C=O) groups is 2. The maximum absolute atomic E-state index is 12.6. The lowest BCUT2D eigenvalue weighted by Gasteiger charge is -2.34. The number of amides is 1. The van der Waals surface area contributed by atoms with Crippen LogP contribution in [0.4, 0.5) is 0 Å². The number of nitrogens with two attached hydrogens (primary N) is 1. The lowest BCUT2D eigenvalue weighted by Crippen LogP contribution is -2.45. The van der Waals surface area contributed by atoms with Crippen molar-refractivity contribution in [2.45, 2.75) is 44.7 Å². The molecular formula is C14H21N3O3S. The van der Waals surface area contributed by atoms with Gasteiger partial charge in [-0.05, 0) is 26.2 Å². The number of aromatic nitrogens is 1. The Morgan fingerprint density at radius 1 is 1.57 bits per heavy atom. The number of esters is 1. The minimum Gasteiger partial charge on any atom is -0.469 e. The molecule has 0 aliphatic carbocycles. The number of carbonyl (C=O) groups excluding carboxylic acids is 2. The largest absolute Gasteiger partial charge is 0.469 e. The second-order valence-corrected chi connectivity index (χ2v) is 6.18. The summed E-state index contributed by atoms with van der Waals surface area (Å²) in [5.74, 6) is -0.402. The third-order valence-electron chi connectivity index (χ3n) is 3.65. The van der Waals surface area contributed by atoms with E-state index in [1.54, 1.807) is 10.3 Å². The predicted molar refractivity (Wildman–Crippen MR) is 80.0 cm³/mol. The summed E-state index contributed by atoms with van der Waals surface area (Å²) in [6, 6.07) is -0.275. The lowest BCUT2D eigenvalue weighted by atomic mass is 9.99. The first-order chi connectivity index (χ1) is 10.0. The molecule has 21 heavy (non-hydrogen) atoms. The van der Waals surface area contributed by atoms with Gasteiger partial charge in [-0.1, -0.05) is 0 Å². The number of ether oxygens (including phenoxy) is 1. The highest BCUT2D eigenvalue weighted by Crippen LogP contribution is 2.24.